The summed E-state index contributed by atoms with van der Waals surface area (Å²) in [7, 11) is 0. The van der Waals surface area contributed by atoms with E-state index in [4.69, 9.17) is 0 Å². The highest BCUT2D eigenvalue weighted by atomic mass is 16.2. The largest absolute Gasteiger partial charge is 0.319 e. The molecule has 0 saturated carbocycles. The van der Waals surface area contributed by atoms with Gasteiger partial charge in [-0.15, -0.1) is 0 Å². The Kier molecular flexibility index (Phi) is 2.64. The lowest BCUT2D eigenvalue weighted by molar-refractivity contribution is -0.133. The predicted molar refractivity (Wildman–Crippen MR) is 61.1 cm³/mol. The number of aromatic nitrogens is 1. The highest BCUT2D eigenvalue weighted by Crippen LogP contribution is 2.21. The molecular weight excluding hydrogens is 204 g/mol. The van der Waals surface area contributed by atoms with Crippen molar-refractivity contribution in [3.8, 4) is 0 Å². The van der Waals surface area contributed by atoms with Crippen molar-refractivity contribution >= 4 is 28.2 Å². The van der Waals surface area contributed by atoms with Gasteiger partial charge in [-0.25, -0.2) is 0 Å². The number of carbonyl (C=O) groups is 2. The van der Waals surface area contributed by atoms with Gasteiger partial charge in [-0.2, -0.15) is 0 Å². The van der Waals surface area contributed by atoms with E-state index in [1.54, 1.807) is 30.6 Å². The second-order valence-corrected chi connectivity index (χ2v) is 3.41. The summed E-state index contributed by atoms with van der Waals surface area (Å²) >= 11 is 0. The summed E-state index contributed by atoms with van der Waals surface area (Å²) in [5.74, 6) is -1.12. The molecule has 1 heterocycles. The molecule has 16 heavy (non-hydrogen) atoms. The summed E-state index contributed by atoms with van der Waals surface area (Å²) in [4.78, 5) is 26.1. The Morgan fingerprint density at radius 3 is 2.81 bits per heavy atom. The van der Waals surface area contributed by atoms with E-state index >= 15 is 0 Å². The normalized spacial score (nSPS) is 10.1. The number of hydrogen-bond donors (Lipinski definition) is 1. The van der Waals surface area contributed by atoms with Crippen LogP contribution in [0, 0.1) is 0 Å². The smallest absolute Gasteiger partial charge is 0.291 e. The molecule has 0 atom stereocenters. The van der Waals surface area contributed by atoms with Gasteiger partial charge >= 0.3 is 0 Å². The molecule has 4 heteroatoms. The minimum atomic E-state index is -0.607. The molecule has 80 valence electrons. The first-order chi connectivity index (χ1) is 7.68. The van der Waals surface area contributed by atoms with Gasteiger partial charge in [0.05, 0.1) is 0 Å². The summed E-state index contributed by atoms with van der Waals surface area (Å²) in [6.45, 7) is 1.24. The summed E-state index contributed by atoms with van der Waals surface area (Å²) in [6.07, 6.45) is 3.35. The van der Waals surface area contributed by atoms with Crippen molar-refractivity contribution in [1.29, 1.82) is 0 Å². The van der Waals surface area contributed by atoms with Gasteiger partial charge in [-0.3, -0.25) is 14.6 Å². The Bertz CT molecular complexity index is 558. The van der Waals surface area contributed by atoms with E-state index in [9.17, 15) is 9.59 Å². The number of nitrogens with zero attached hydrogens (tertiary/aromatic N) is 1. The summed E-state index contributed by atoms with van der Waals surface area (Å²) in [6, 6.07) is 7.25. The van der Waals surface area contributed by atoms with Gasteiger partial charge in [-0.1, -0.05) is 12.1 Å². The average Bonchev–Trinajstić information content (AvgIpc) is 2.29. The maximum atomic E-state index is 11.3. The first-order valence-electron chi connectivity index (χ1n) is 4.83. The number of nitrogens with one attached hydrogen (secondary N) is 1. The summed E-state index contributed by atoms with van der Waals surface area (Å²) in [5, 5.41) is 4.36. The highest BCUT2D eigenvalue weighted by Gasteiger charge is 2.09. The molecule has 0 aliphatic carbocycles. The minimum absolute atomic E-state index is 0.508. The Labute approximate surface area is 92.3 Å². The van der Waals surface area contributed by atoms with E-state index in [0.717, 1.165) is 10.8 Å². The third kappa shape index (κ3) is 1.91. The van der Waals surface area contributed by atoms with Crippen molar-refractivity contribution in [3.05, 3.63) is 36.7 Å². The number of pyridine rings is 1. The first-order valence-corrected chi connectivity index (χ1v) is 4.83. The van der Waals surface area contributed by atoms with E-state index in [0.29, 0.717) is 5.69 Å². The SMILES string of the molecule is CC(=O)C(=O)Nc1cccc2cnccc12. The van der Waals surface area contributed by atoms with Gasteiger partial charge in [0.1, 0.15) is 0 Å². The topological polar surface area (TPSA) is 59.1 Å². The molecule has 1 N–H and O–H groups in total. The maximum absolute atomic E-state index is 11.3. The Morgan fingerprint density at radius 2 is 2.06 bits per heavy atom. The van der Waals surface area contributed by atoms with Crippen LogP contribution in [-0.2, 0) is 9.59 Å². The predicted octanol–water partition coefficient (Wildman–Crippen LogP) is 1.76. The first kappa shape index (κ1) is 10.3. The van der Waals surface area contributed by atoms with Gasteiger partial charge in [0.2, 0.25) is 5.78 Å². The van der Waals surface area contributed by atoms with E-state index in [1.165, 1.54) is 6.92 Å². The van der Waals surface area contributed by atoms with Crippen LogP contribution in [0.15, 0.2) is 36.7 Å². The lowest BCUT2D eigenvalue weighted by Crippen LogP contribution is -2.19. The summed E-state index contributed by atoms with van der Waals surface area (Å²) in [5.41, 5.74) is 0.625. The van der Waals surface area contributed by atoms with Crippen LogP contribution in [-0.4, -0.2) is 16.7 Å². The number of benzene rings is 1. The van der Waals surface area contributed by atoms with Crippen molar-refractivity contribution in [2.75, 3.05) is 5.32 Å². The van der Waals surface area contributed by atoms with Crippen LogP contribution in [0.4, 0.5) is 5.69 Å². The van der Waals surface area contributed by atoms with Crippen LogP contribution in [0.1, 0.15) is 6.92 Å². The van der Waals surface area contributed by atoms with Crippen LogP contribution in [0.25, 0.3) is 10.8 Å². The third-order valence-electron chi connectivity index (χ3n) is 2.25. The standard InChI is InChI=1S/C12H10N2O2/c1-8(15)12(16)14-11-4-2-3-9-7-13-6-5-10(9)11/h2-7H,1H3,(H,14,16). The van der Waals surface area contributed by atoms with Crippen molar-refractivity contribution in [2.45, 2.75) is 6.92 Å². The molecule has 2 aromatic rings. The Hall–Kier alpha value is -2.23. The van der Waals surface area contributed by atoms with E-state index in [1.807, 2.05) is 6.07 Å². The van der Waals surface area contributed by atoms with Crippen molar-refractivity contribution in [1.82, 2.24) is 4.98 Å². The molecule has 0 aliphatic rings. The molecule has 0 fully saturated rings. The number of amides is 1. The van der Waals surface area contributed by atoms with E-state index < -0.39 is 11.7 Å². The molecule has 4 nitrogen and oxygen atoms in total. The molecule has 0 aliphatic heterocycles. The van der Waals surface area contributed by atoms with Crippen molar-refractivity contribution in [2.24, 2.45) is 0 Å². The molecule has 0 saturated heterocycles. The van der Waals surface area contributed by atoms with Crippen molar-refractivity contribution < 1.29 is 9.59 Å². The molecule has 2 rings (SSSR count). The zero-order valence-corrected chi connectivity index (χ0v) is 8.73. The minimum Gasteiger partial charge on any atom is -0.319 e. The number of carbonyl (C=O) groups excluding carboxylic acids is 2. The number of ketones is 1. The molecule has 0 radical (unpaired) electrons. The fraction of sp³-hybridized carbons (Fsp3) is 0.0833. The third-order valence-corrected chi connectivity index (χ3v) is 2.25. The van der Waals surface area contributed by atoms with Gasteiger partial charge < -0.3 is 5.32 Å². The second kappa shape index (κ2) is 4.10. The van der Waals surface area contributed by atoms with Crippen LogP contribution in [0.3, 0.4) is 0 Å². The monoisotopic (exact) mass is 214 g/mol. The van der Waals surface area contributed by atoms with Crippen LogP contribution >= 0.6 is 0 Å². The lowest BCUT2D eigenvalue weighted by atomic mass is 10.1. The van der Waals surface area contributed by atoms with Crippen LogP contribution in [0.2, 0.25) is 0 Å². The second-order valence-electron chi connectivity index (χ2n) is 3.41. The Balaban J connectivity index is 2.45. The maximum Gasteiger partial charge on any atom is 0.291 e. The van der Waals surface area contributed by atoms with E-state index in [-0.39, 0.29) is 0 Å². The highest BCUT2D eigenvalue weighted by molar-refractivity contribution is 6.40. The number of rotatable bonds is 2. The molecule has 0 bridgehead atoms. The number of hydrogen-bond acceptors (Lipinski definition) is 3. The quantitative estimate of drug-likeness (QED) is 0.775. The van der Waals surface area contributed by atoms with Gasteiger partial charge in [0, 0.05) is 35.8 Å². The number of anilines is 1. The molecule has 1 amide bonds. The summed E-state index contributed by atoms with van der Waals surface area (Å²) < 4.78 is 0. The lowest BCUT2D eigenvalue weighted by Gasteiger charge is -2.06. The number of Topliss-reactive ketones (excluding diaryl/α,β-unsaturated/α-hetero) is 1. The van der Waals surface area contributed by atoms with Gasteiger partial charge in [0.25, 0.3) is 5.91 Å². The zero-order chi connectivity index (χ0) is 11.5. The molecule has 1 aromatic carbocycles. The Morgan fingerprint density at radius 1 is 1.25 bits per heavy atom. The average molecular weight is 214 g/mol. The molecule has 1 aromatic heterocycles. The molecule has 0 spiro atoms. The molecule has 0 unspecified atom stereocenters. The fourth-order valence-electron chi connectivity index (χ4n) is 1.44. The van der Waals surface area contributed by atoms with Crippen molar-refractivity contribution in [3.63, 3.8) is 0 Å². The molecular formula is C12H10N2O2. The van der Waals surface area contributed by atoms with Crippen LogP contribution in [0.5, 0.6) is 0 Å². The van der Waals surface area contributed by atoms with Gasteiger partial charge in [0.15, 0.2) is 0 Å². The van der Waals surface area contributed by atoms with Crippen LogP contribution < -0.4 is 5.32 Å². The van der Waals surface area contributed by atoms with Gasteiger partial charge in [-0.05, 0) is 12.1 Å². The zero-order valence-electron chi connectivity index (χ0n) is 8.73. The van der Waals surface area contributed by atoms with E-state index in [2.05, 4.69) is 10.3 Å². The fourth-order valence-corrected chi connectivity index (χ4v) is 1.44. The number of fused-ring (bicyclic) bond motifs is 1.